The molecule has 3 aromatic carbocycles. The smallest absolute Gasteiger partial charge is 0.278 e. The van der Waals surface area contributed by atoms with E-state index in [1.54, 1.807) is 12.1 Å². The summed E-state index contributed by atoms with van der Waals surface area (Å²) in [5.41, 5.74) is 4.09. The van der Waals surface area contributed by atoms with E-state index in [-0.39, 0.29) is 18.4 Å². The fraction of sp³-hybridized carbons (Fsp3) is 0.0833. The van der Waals surface area contributed by atoms with Gasteiger partial charge in [0, 0.05) is 10.7 Å². The minimum Gasteiger partial charge on any atom is -0.350 e. The predicted octanol–water partition coefficient (Wildman–Crippen LogP) is 5.04. The van der Waals surface area contributed by atoms with Crippen molar-refractivity contribution in [2.24, 2.45) is 0 Å². The molecular weight excluding hydrogens is 384 g/mol. The van der Waals surface area contributed by atoms with Crippen molar-refractivity contribution in [2.45, 2.75) is 13.5 Å². The minimum absolute atomic E-state index is 0.185. The van der Waals surface area contributed by atoms with Crippen LogP contribution in [0.3, 0.4) is 0 Å². The minimum atomic E-state index is -0.343. The summed E-state index contributed by atoms with van der Waals surface area (Å²) < 4.78 is 0. The molecule has 29 heavy (non-hydrogen) atoms. The molecule has 4 rings (SSSR count). The summed E-state index contributed by atoms with van der Waals surface area (Å²) in [5, 5.41) is 3.78. The first-order valence-corrected chi connectivity index (χ1v) is 9.65. The number of amides is 2. The van der Waals surface area contributed by atoms with Crippen molar-refractivity contribution in [2.75, 3.05) is 5.32 Å². The summed E-state index contributed by atoms with van der Waals surface area (Å²) in [6.45, 7) is 2.18. The van der Waals surface area contributed by atoms with Gasteiger partial charge in [0.05, 0.1) is 12.1 Å². The van der Waals surface area contributed by atoms with Gasteiger partial charge < -0.3 is 5.32 Å². The number of benzene rings is 3. The molecule has 0 saturated carbocycles. The Morgan fingerprint density at radius 2 is 1.48 bits per heavy atom. The van der Waals surface area contributed by atoms with Crippen molar-refractivity contribution < 1.29 is 9.59 Å². The maximum atomic E-state index is 13.2. The molecule has 5 heteroatoms. The van der Waals surface area contributed by atoms with Crippen molar-refractivity contribution >= 4 is 34.7 Å². The molecule has 144 valence electrons. The van der Waals surface area contributed by atoms with E-state index >= 15 is 0 Å². The third-order valence-corrected chi connectivity index (χ3v) is 5.06. The van der Waals surface area contributed by atoms with Crippen LogP contribution in [-0.4, -0.2) is 16.7 Å². The van der Waals surface area contributed by atoms with E-state index in [4.69, 9.17) is 11.6 Å². The number of halogens is 1. The van der Waals surface area contributed by atoms with Crippen LogP contribution in [0, 0.1) is 6.92 Å². The van der Waals surface area contributed by atoms with Crippen LogP contribution in [0.1, 0.15) is 16.7 Å². The van der Waals surface area contributed by atoms with Gasteiger partial charge in [-0.1, -0.05) is 71.8 Å². The number of anilines is 1. The van der Waals surface area contributed by atoms with Crippen molar-refractivity contribution in [3.8, 4) is 0 Å². The van der Waals surface area contributed by atoms with Gasteiger partial charge in [0.1, 0.15) is 5.70 Å². The first kappa shape index (κ1) is 19.0. The van der Waals surface area contributed by atoms with Crippen LogP contribution in [0.4, 0.5) is 5.69 Å². The molecular formula is C24H19ClN2O2. The zero-order chi connectivity index (χ0) is 20.4. The van der Waals surface area contributed by atoms with E-state index in [0.717, 1.165) is 16.8 Å². The Bertz CT molecular complexity index is 1090. The highest BCUT2D eigenvalue weighted by Crippen LogP contribution is 2.31. The monoisotopic (exact) mass is 402 g/mol. The molecule has 0 fully saturated rings. The Balaban J connectivity index is 1.71. The SMILES string of the molecule is Cc1ccc(NC2=C(c3ccccc3)C(=O)N(Cc3ccc(Cl)cc3)C2=O)cc1. The number of aryl methyl sites for hydroxylation is 1. The summed E-state index contributed by atoms with van der Waals surface area (Å²) in [4.78, 5) is 27.7. The molecule has 0 atom stereocenters. The van der Waals surface area contributed by atoms with Gasteiger partial charge in [0.2, 0.25) is 0 Å². The molecule has 3 aromatic rings. The maximum Gasteiger partial charge on any atom is 0.278 e. The third kappa shape index (κ3) is 3.93. The zero-order valence-electron chi connectivity index (χ0n) is 15.9. The van der Waals surface area contributed by atoms with Gasteiger partial charge in [-0.3, -0.25) is 14.5 Å². The first-order valence-electron chi connectivity index (χ1n) is 9.27. The lowest BCUT2D eigenvalue weighted by Gasteiger charge is -2.15. The number of carbonyl (C=O) groups is 2. The van der Waals surface area contributed by atoms with Crippen molar-refractivity contribution in [3.05, 3.63) is 106 Å². The number of carbonyl (C=O) groups excluding carboxylic acids is 2. The van der Waals surface area contributed by atoms with Crippen LogP contribution in [0.2, 0.25) is 5.02 Å². The van der Waals surface area contributed by atoms with Crippen LogP contribution in [0.5, 0.6) is 0 Å². The summed E-state index contributed by atoms with van der Waals surface area (Å²) in [6.07, 6.45) is 0. The van der Waals surface area contributed by atoms with E-state index < -0.39 is 0 Å². The molecule has 0 saturated heterocycles. The number of imide groups is 1. The van der Waals surface area contributed by atoms with Gasteiger partial charge in [-0.15, -0.1) is 0 Å². The molecule has 1 aliphatic rings. The average Bonchev–Trinajstić information content (AvgIpc) is 2.96. The molecule has 0 radical (unpaired) electrons. The number of hydrogen-bond acceptors (Lipinski definition) is 3. The zero-order valence-corrected chi connectivity index (χ0v) is 16.6. The van der Waals surface area contributed by atoms with Crippen LogP contribution >= 0.6 is 11.6 Å². The van der Waals surface area contributed by atoms with Gasteiger partial charge in [-0.05, 0) is 42.3 Å². The lowest BCUT2D eigenvalue weighted by Crippen LogP contribution is -2.32. The highest BCUT2D eigenvalue weighted by atomic mass is 35.5. The normalized spacial score (nSPS) is 13.9. The van der Waals surface area contributed by atoms with Gasteiger partial charge >= 0.3 is 0 Å². The molecule has 1 aliphatic heterocycles. The van der Waals surface area contributed by atoms with Gasteiger partial charge in [-0.25, -0.2) is 0 Å². The second-order valence-electron chi connectivity index (χ2n) is 6.93. The summed E-state index contributed by atoms with van der Waals surface area (Å²) in [5.74, 6) is -0.657. The Morgan fingerprint density at radius 3 is 2.14 bits per heavy atom. The number of nitrogens with zero attached hydrogens (tertiary/aromatic N) is 1. The summed E-state index contributed by atoms with van der Waals surface area (Å²) in [7, 11) is 0. The van der Waals surface area contributed by atoms with Crippen molar-refractivity contribution in [1.82, 2.24) is 4.90 Å². The van der Waals surface area contributed by atoms with E-state index in [9.17, 15) is 9.59 Å². The predicted molar refractivity (Wildman–Crippen MR) is 115 cm³/mol. The third-order valence-electron chi connectivity index (χ3n) is 4.81. The Kier molecular flexibility index (Phi) is 5.19. The highest BCUT2D eigenvalue weighted by molar-refractivity contribution is 6.36. The van der Waals surface area contributed by atoms with Crippen LogP contribution < -0.4 is 5.32 Å². The molecule has 0 bridgehead atoms. The second-order valence-corrected chi connectivity index (χ2v) is 7.37. The quantitative estimate of drug-likeness (QED) is 0.608. The average molecular weight is 403 g/mol. The van der Waals surface area contributed by atoms with Crippen molar-refractivity contribution in [3.63, 3.8) is 0 Å². The molecule has 0 spiro atoms. The molecule has 1 N–H and O–H groups in total. The fourth-order valence-corrected chi connectivity index (χ4v) is 3.39. The molecule has 0 aliphatic carbocycles. The number of nitrogens with one attached hydrogen (secondary N) is 1. The summed E-state index contributed by atoms with van der Waals surface area (Å²) in [6, 6.07) is 24.1. The van der Waals surface area contributed by atoms with Crippen LogP contribution in [-0.2, 0) is 16.1 Å². The number of hydrogen-bond donors (Lipinski definition) is 1. The first-order chi connectivity index (χ1) is 14.0. The second kappa shape index (κ2) is 7.94. The Morgan fingerprint density at radius 1 is 0.828 bits per heavy atom. The standard InChI is InChI=1S/C24H19ClN2O2/c1-16-7-13-20(14-8-16)26-22-21(18-5-3-2-4-6-18)23(28)27(24(22)29)15-17-9-11-19(25)12-10-17/h2-14,26H,15H2,1H3. The van der Waals surface area contributed by atoms with Crippen LogP contribution in [0.25, 0.3) is 5.57 Å². The molecule has 0 unspecified atom stereocenters. The Labute approximate surface area is 174 Å². The van der Waals surface area contributed by atoms with E-state index in [0.29, 0.717) is 21.9 Å². The fourth-order valence-electron chi connectivity index (χ4n) is 3.26. The lowest BCUT2D eigenvalue weighted by atomic mass is 10.0. The number of rotatable bonds is 5. The summed E-state index contributed by atoms with van der Waals surface area (Å²) >= 11 is 5.95. The highest BCUT2D eigenvalue weighted by Gasteiger charge is 2.39. The van der Waals surface area contributed by atoms with Gasteiger partial charge in [-0.2, -0.15) is 0 Å². The van der Waals surface area contributed by atoms with Crippen LogP contribution in [0.15, 0.2) is 84.6 Å². The van der Waals surface area contributed by atoms with E-state index in [1.165, 1.54) is 4.90 Å². The van der Waals surface area contributed by atoms with E-state index in [2.05, 4.69) is 5.32 Å². The van der Waals surface area contributed by atoms with Gasteiger partial charge in [0.25, 0.3) is 11.8 Å². The molecule has 2 amide bonds. The lowest BCUT2D eigenvalue weighted by molar-refractivity contribution is -0.137. The van der Waals surface area contributed by atoms with Gasteiger partial charge in [0.15, 0.2) is 0 Å². The molecule has 0 aromatic heterocycles. The largest absolute Gasteiger partial charge is 0.350 e. The molecule has 1 heterocycles. The van der Waals surface area contributed by atoms with E-state index in [1.807, 2.05) is 73.7 Å². The molecule has 4 nitrogen and oxygen atoms in total. The van der Waals surface area contributed by atoms with Crippen molar-refractivity contribution in [1.29, 1.82) is 0 Å². The maximum absolute atomic E-state index is 13.2. The Hall–Kier alpha value is -3.37. The topological polar surface area (TPSA) is 49.4 Å².